The number of nitrogens with one attached hydrogen (secondary N) is 1. The van der Waals surface area contributed by atoms with Crippen LogP contribution >= 0.6 is 0 Å². The summed E-state index contributed by atoms with van der Waals surface area (Å²) in [6.07, 6.45) is 6.00. The van der Waals surface area contributed by atoms with E-state index in [-0.39, 0.29) is 0 Å². The van der Waals surface area contributed by atoms with Crippen LogP contribution in [0.3, 0.4) is 0 Å². The van der Waals surface area contributed by atoms with Gasteiger partial charge >= 0.3 is 0 Å². The van der Waals surface area contributed by atoms with Crippen molar-refractivity contribution in [2.75, 3.05) is 5.32 Å². The first-order valence-corrected chi connectivity index (χ1v) is 6.79. The van der Waals surface area contributed by atoms with Gasteiger partial charge in [0.15, 0.2) is 0 Å². The van der Waals surface area contributed by atoms with Gasteiger partial charge in [-0.3, -0.25) is 0 Å². The number of aromatic nitrogens is 2. The molecule has 0 spiro atoms. The van der Waals surface area contributed by atoms with Gasteiger partial charge in [0, 0.05) is 18.8 Å². The predicted molar refractivity (Wildman–Crippen MR) is 74.4 cm³/mol. The first-order valence-electron chi connectivity index (χ1n) is 6.79. The van der Waals surface area contributed by atoms with Gasteiger partial charge in [0.1, 0.15) is 0 Å². The highest BCUT2D eigenvalue weighted by Crippen LogP contribution is 2.13. The van der Waals surface area contributed by atoms with Crippen molar-refractivity contribution in [1.29, 1.82) is 0 Å². The minimum absolute atomic E-state index is 0.436. The number of aryl methyl sites for hydroxylation is 2. The number of anilines is 1. The van der Waals surface area contributed by atoms with Gasteiger partial charge in [0.25, 0.3) is 0 Å². The van der Waals surface area contributed by atoms with Gasteiger partial charge in [0.05, 0.1) is 5.69 Å². The van der Waals surface area contributed by atoms with E-state index >= 15 is 0 Å². The van der Waals surface area contributed by atoms with Crippen molar-refractivity contribution in [1.82, 2.24) is 9.55 Å². The second-order valence-corrected chi connectivity index (χ2v) is 5.59. The van der Waals surface area contributed by atoms with E-state index in [1.807, 2.05) is 0 Å². The van der Waals surface area contributed by atoms with Crippen molar-refractivity contribution in [3.63, 3.8) is 0 Å². The van der Waals surface area contributed by atoms with Crippen LogP contribution in [0.25, 0.3) is 0 Å². The Morgan fingerprint density at radius 1 is 1.24 bits per heavy atom. The fourth-order valence-electron chi connectivity index (χ4n) is 1.93. The molecule has 0 unspecified atom stereocenters. The van der Waals surface area contributed by atoms with Gasteiger partial charge in [-0.15, -0.1) is 0 Å². The normalized spacial score (nSPS) is 11.5. The summed E-state index contributed by atoms with van der Waals surface area (Å²) in [6, 6.07) is 0.436. The maximum absolute atomic E-state index is 4.52. The van der Waals surface area contributed by atoms with Crippen molar-refractivity contribution < 1.29 is 0 Å². The van der Waals surface area contributed by atoms with E-state index in [1.54, 1.807) is 0 Å². The summed E-state index contributed by atoms with van der Waals surface area (Å²) in [6.45, 7) is 12.0. The quantitative estimate of drug-likeness (QED) is 0.730. The number of rotatable bonds is 7. The molecule has 17 heavy (non-hydrogen) atoms. The van der Waals surface area contributed by atoms with Crippen LogP contribution in [0.1, 0.15) is 52.7 Å². The van der Waals surface area contributed by atoms with Crippen LogP contribution in [-0.4, -0.2) is 15.6 Å². The smallest absolute Gasteiger partial charge is 0.203 e. The molecule has 0 atom stereocenters. The number of hydrogen-bond donors (Lipinski definition) is 1. The SMILES string of the molecule is Cc1cn(CCCCC(C)C)c(NC(C)C)n1. The Balaban J connectivity index is 2.46. The fraction of sp³-hybridized carbons (Fsp3) is 0.786. The maximum atomic E-state index is 4.52. The topological polar surface area (TPSA) is 29.9 Å². The number of imidazole rings is 1. The van der Waals surface area contributed by atoms with Crippen LogP contribution in [0.15, 0.2) is 6.20 Å². The lowest BCUT2D eigenvalue weighted by molar-refractivity contribution is 0.510. The number of nitrogens with zero attached hydrogens (tertiary/aromatic N) is 2. The summed E-state index contributed by atoms with van der Waals surface area (Å²) in [5.74, 6) is 1.83. The highest BCUT2D eigenvalue weighted by molar-refractivity contribution is 5.29. The summed E-state index contributed by atoms with van der Waals surface area (Å²) in [4.78, 5) is 4.52. The Morgan fingerprint density at radius 3 is 2.53 bits per heavy atom. The number of unbranched alkanes of at least 4 members (excludes halogenated alkanes) is 1. The molecule has 0 saturated heterocycles. The molecule has 0 radical (unpaired) electrons. The van der Waals surface area contributed by atoms with E-state index in [1.165, 1.54) is 19.3 Å². The van der Waals surface area contributed by atoms with Crippen LogP contribution in [0.4, 0.5) is 5.95 Å². The molecule has 0 fully saturated rings. The Hall–Kier alpha value is -0.990. The molecule has 0 bridgehead atoms. The molecule has 3 heteroatoms. The van der Waals surface area contributed by atoms with Crippen molar-refractivity contribution in [2.45, 2.75) is 66.5 Å². The Bertz CT molecular complexity index is 326. The van der Waals surface area contributed by atoms with Gasteiger partial charge in [-0.05, 0) is 33.1 Å². The van der Waals surface area contributed by atoms with E-state index in [2.05, 4.69) is 55.7 Å². The average Bonchev–Trinajstić information content (AvgIpc) is 2.52. The van der Waals surface area contributed by atoms with Gasteiger partial charge in [0.2, 0.25) is 5.95 Å². The first kappa shape index (κ1) is 14.1. The largest absolute Gasteiger partial charge is 0.353 e. The van der Waals surface area contributed by atoms with Gasteiger partial charge in [-0.25, -0.2) is 4.98 Å². The third-order valence-electron chi connectivity index (χ3n) is 2.75. The average molecular weight is 237 g/mol. The lowest BCUT2D eigenvalue weighted by Crippen LogP contribution is -2.14. The Morgan fingerprint density at radius 2 is 1.94 bits per heavy atom. The summed E-state index contributed by atoms with van der Waals surface area (Å²) >= 11 is 0. The first-order chi connectivity index (χ1) is 7.99. The Labute approximate surface area is 106 Å². The van der Waals surface area contributed by atoms with E-state index in [9.17, 15) is 0 Å². The van der Waals surface area contributed by atoms with Crippen LogP contribution in [0, 0.1) is 12.8 Å². The van der Waals surface area contributed by atoms with Crippen LogP contribution in [0.2, 0.25) is 0 Å². The Kier molecular flexibility index (Phi) is 5.52. The van der Waals surface area contributed by atoms with Crippen LogP contribution < -0.4 is 5.32 Å². The minimum atomic E-state index is 0.436. The third-order valence-corrected chi connectivity index (χ3v) is 2.75. The molecule has 1 N–H and O–H groups in total. The molecule has 1 aromatic rings. The molecule has 98 valence electrons. The number of hydrogen-bond acceptors (Lipinski definition) is 2. The molecule has 0 amide bonds. The van der Waals surface area contributed by atoms with E-state index in [0.717, 1.165) is 24.1 Å². The van der Waals surface area contributed by atoms with Crippen molar-refractivity contribution >= 4 is 5.95 Å². The molecule has 0 aliphatic heterocycles. The van der Waals surface area contributed by atoms with Gasteiger partial charge in [-0.2, -0.15) is 0 Å². The molecule has 0 aliphatic rings. The molecular weight excluding hydrogens is 210 g/mol. The zero-order valence-corrected chi connectivity index (χ0v) is 12.0. The predicted octanol–water partition coefficient (Wildman–Crippen LogP) is 3.84. The molecule has 1 aromatic heterocycles. The second-order valence-electron chi connectivity index (χ2n) is 5.59. The molecule has 0 aliphatic carbocycles. The highest BCUT2D eigenvalue weighted by Gasteiger charge is 2.06. The zero-order chi connectivity index (χ0) is 12.8. The minimum Gasteiger partial charge on any atom is -0.353 e. The van der Waals surface area contributed by atoms with E-state index < -0.39 is 0 Å². The van der Waals surface area contributed by atoms with Crippen LogP contribution in [-0.2, 0) is 6.54 Å². The van der Waals surface area contributed by atoms with Crippen molar-refractivity contribution in [3.05, 3.63) is 11.9 Å². The second kappa shape index (κ2) is 6.67. The summed E-state index contributed by atoms with van der Waals surface area (Å²) in [5.41, 5.74) is 1.09. The molecular formula is C14H27N3. The highest BCUT2D eigenvalue weighted by atomic mass is 15.2. The lowest BCUT2D eigenvalue weighted by atomic mass is 10.1. The summed E-state index contributed by atoms with van der Waals surface area (Å²) in [5, 5.41) is 3.40. The van der Waals surface area contributed by atoms with Gasteiger partial charge < -0.3 is 9.88 Å². The van der Waals surface area contributed by atoms with Crippen molar-refractivity contribution in [3.8, 4) is 0 Å². The molecule has 3 nitrogen and oxygen atoms in total. The maximum Gasteiger partial charge on any atom is 0.203 e. The van der Waals surface area contributed by atoms with Crippen LogP contribution in [0.5, 0.6) is 0 Å². The third kappa shape index (κ3) is 5.24. The van der Waals surface area contributed by atoms with Crippen molar-refractivity contribution in [2.24, 2.45) is 5.92 Å². The lowest BCUT2D eigenvalue weighted by Gasteiger charge is -2.12. The van der Waals surface area contributed by atoms with Gasteiger partial charge in [-0.1, -0.05) is 26.7 Å². The molecule has 1 rings (SSSR count). The monoisotopic (exact) mass is 237 g/mol. The summed E-state index contributed by atoms with van der Waals surface area (Å²) < 4.78 is 2.25. The van der Waals surface area contributed by atoms with E-state index in [0.29, 0.717) is 6.04 Å². The summed E-state index contributed by atoms with van der Waals surface area (Å²) in [7, 11) is 0. The molecule has 0 aromatic carbocycles. The fourth-order valence-corrected chi connectivity index (χ4v) is 1.93. The zero-order valence-electron chi connectivity index (χ0n) is 12.0. The molecule has 0 saturated carbocycles. The molecule has 1 heterocycles. The van der Waals surface area contributed by atoms with E-state index in [4.69, 9.17) is 0 Å². The standard InChI is InChI=1S/C14H27N3/c1-11(2)8-6-7-9-17-10-13(5)16-14(17)15-12(3)4/h10-12H,6-9H2,1-5H3,(H,15,16).